The Hall–Kier alpha value is -2.76. The third kappa shape index (κ3) is 3.95. The van der Waals surface area contributed by atoms with Crippen LogP contribution in [0.15, 0.2) is 36.4 Å². The van der Waals surface area contributed by atoms with Crippen molar-refractivity contribution in [3.05, 3.63) is 53.3 Å². The van der Waals surface area contributed by atoms with Gasteiger partial charge in [0.15, 0.2) is 11.6 Å². The zero-order valence-electron chi connectivity index (χ0n) is 13.9. The molecule has 0 aliphatic heterocycles. The van der Waals surface area contributed by atoms with E-state index >= 15 is 0 Å². The Balaban J connectivity index is 2.13. The van der Waals surface area contributed by atoms with Crippen molar-refractivity contribution < 1.29 is 23.4 Å². The van der Waals surface area contributed by atoms with Gasteiger partial charge in [-0.2, -0.15) is 0 Å². The van der Waals surface area contributed by atoms with E-state index < -0.39 is 5.82 Å². The summed E-state index contributed by atoms with van der Waals surface area (Å²) < 4.78 is 29.4. The van der Waals surface area contributed by atoms with Crippen LogP contribution in [0.2, 0.25) is 0 Å². The Kier molecular flexibility index (Phi) is 6.01. The summed E-state index contributed by atoms with van der Waals surface area (Å²) in [5.74, 6) is 0.186. The summed E-state index contributed by atoms with van der Waals surface area (Å²) in [5.41, 5.74) is 0.923. The van der Waals surface area contributed by atoms with Crippen LogP contribution in [-0.2, 0) is 6.54 Å². The van der Waals surface area contributed by atoms with E-state index in [1.54, 1.807) is 37.3 Å². The summed E-state index contributed by atoms with van der Waals surface area (Å²) in [6.45, 7) is 2.35. The van der Waals surface area contributed by atoms with Crippen molar-refractivity contribution in [2.24, 2.45) is 0 Å². The van der Waals surface area contributed by atoms with Gasteiger partial charge in [0.1, 0.15) is 17.1 Å². The second-order valence-electron chi connectivity index (χ2n) is 4.92. The van der Waals surface area contributed by atoms with E-state index in [4.69, 9.17) is 14.2 Å². The van der Waals surface area contributed by atoms with Gasteiger partial charge in [0.25, 0.3) is 5.91 Å². The van der Waals surface area contributed by atoms with Gasteiger partial charge in [-0.3, -0.25) is 4.79 Å². The molecule has 1 amide bonds. The maximum atomic E-state index is 13.8. The number of amides is 1. The fourth-order valence-corrected chi connectivity index (χ4v) is 2.27. The second kappa shape index (κ2) is 8.19. The predicted molar refractivity (Wildman–Crippen MR) is 88.3 cm³/mol. The molecular weight excluding hydrogens is 313 g/mol. The summed E-state index contributed by atoms with van der Waals surface area (Å²) in [6, 6.07) is 9.67. The van der Waals surface area contributed by atoms with E-state index in [0.29, 0.717) is 29.2 Å². The highest BCUT2D eigenvalue weighted by atomic mass is 19.1. The van der Waals surface area contributed by atoms with Crippen LogP contribution in [0, 0.1) is 5.82 Å². The minimum Gasteiger partial charge on any atom is -0.496 e. The zero-order chi connectivity index (χ0) is 17.5. The lowest BCUT2D eigenvalue weighted by molar-refractivity contribution is 0.0944. The number of ether oxygens (including phenoxy) is 3. The van der Waals surface area contributed by atoms with Gasteiger partial charge in [0.2, 0.25) is 0 Å². The van der Waals surface area contributed by atoms with E-state index in [2.05, 4.69) is 5.32 Å². The van der Waals surface area contributed by atoms with Crippen LogP contribution in [0.25, 0.3) is 0 Å². The minimum absolute atomic E-state index is 0.170. The molecule has 0 fully saturated rings. The lowest BCUT2D eigenvalue weighted by Crippen LogP contribution is -2.24. The molecule has 0 atom stereocenters. The molecule has 0 saturated carbocycles. The van der Waals surface area contributed by atoms with E-state index in [9.17, 15) is 9.18 Å². The van der Waals surface area contributed by atoms with E-state index in [1.165, 1.54) is 20.3 Å². The number of carbonyl (C=O) groups is 1. The quantitative estimate of drug-likeness (QED) is 0.845. The molecule has 24 heavy (non-hydrogen) atoms. The molecule has 0 heterocycles. The number of halogens is 1. The zero-order valence-corrected chi connectivity index (χ0v) is 13.9. The molecule has 0 aliphatic rings. The number of rotatable bonds is 7. The minimum atomic E-state index is -0.460. The van der Waals surface area contributed by atoms with Crippen molar-refractivity contribution in [3.63, 3.8) is 0 Å². The van der Waals surface area contributed by atoms with Crippen molar-refractivity contribution >= 4 is 5.91 Å². The summed E-state index contributed by atoms with van der Waals surface area (Å²) in [4.78, 5) is 12.4. The maximum absolute atomic E-state index is 13.8. The molecule has 128 valence electrons. The second-order valence-corrected chi connectivity index (χ2v) is 4.92. The van der Waals surface area contributed by atoms with Gasteiger partial charge in [-0.25, -0.2) is 4.39 Å². The number of carbonyl (C=O) groups excluding carboxylic acids is 1. The van der Waals surface area contributed by atoms with Gasteiger partial charge >= 0.3 is 0 Å². The third-order valence-electron chi connectivity index (χ3n) is 3.40. The molecule has 0 radical (unpaired) electrons. The number of benzene rings is 2. The van der Waals surface area contributed by atoms with Crippen molar-refractivity contribution in [1.82, 2.24) is 5.32 Å². The first-order valence-corrected chi connectivity index (χ1v) is 7.51. The molecule has 5 nitrogen and oxygen atoms in total. The first-order chi connectivity index (χ1) is 11.6. The lowest BCUT2D eigenvalue weighted by Gasteiger charge is -2.13. The standard InChI is InChI=1S/C18H20FNO4/c1-4-24-14-9-8-12(10-13(14)19)11-20-18(21)17-15(22-2)6-5-7-16(17)23-3/h5-10H,4,11H2,1-3H3,(H,20,21). The molecular formula is C18H20FNO4. The van der Waals surface area contributed by atoms with Crippen molar-refractivity contribution in [2.45, 2.75) is 13.5 Å². The van der Waals surface area contributed by atoms with Gasteiger partial charge in [-0.15, -0.1) is 0 Å². The smallest absolute Gasteiger partial charge is 0.259 e. The first kappa shape index (κ1) is 17.6. The van der Waals surface area contributed by atoms with Crippen LogP contribution in [0.1, 0.15) is 22.8 Å². The Morgan fingerprint density at radius 2 is 1.75 bits per heavy atom. The molecule has 0 spiro atoms. The average molecular weight is 333 g/mol. The van der Waals surface area contributed by atoms with E-state index in [-0.39, 0.29) is 18.2 Å². The summed E-state index contributed by atoms with van der Waals surface area (Å²) >= 11 is 0. The number of nitrogens with one attached hydrogen (secondary N) is 1. The highest BCUT2D eigenvalue weighted by molar-refractivity contribution is 5.99. The van der Waals surface area contributed by atoms with Crippen LogP contribution >= 0.6 is 0 Å². The van der Waals surface area contributed by atoms with Gasteiger partial charge in [-0.1, -0.05) is 12.1 Å². The predicted octanol–water partition coefficient (Wildman–Crippen LogP) is 3.17. The molecule has 2 aromatic rings. The van der Waals surface area contributed by atoms with Crippen LogP contribution in [-0.4, -0.2) is 26.7 Å². The van der Waals surface area contributed by atoms with Gasteiger partial charge in [0, 0.05) is 6.54 Å². The molecule has 2 rings (SSSR count). The monoisotopic (exact) mass is 333 g/mol. The van der Waals surface area contributed by atoms with E-state index in [1.807, 2.05) is 0 Å². The third-order valence-corrected chi connectivity index (χ3v) is 3.40. The van der Waals surface area contributed by atoms with Crippen molar-refractivity contribution in [1.29, 1.82) is 0 Å². The van der Waals surface area contributed by atoms with Crippen molar-refractivity contribution in [3.8, 4) is 17.2 Å². The Morgan fingerprint density at radius 3 is 2.29 bits per heavy atom. The molecule has 0 bridgehead atoms. The lowest BCUT2D eigenvalue weighted by atomic mass is 10.1. The number of hydrogen-bond acceptors (Lipinski definition) is 4. The van der Waals surface area contributed by atoms with Gasteiger partial charge in [0.05, 0.1) is 20.8 Å². The Morgan fingerprint density at radius 1 is 1.08 bits per heavy atom. The SMILES string of the molecule is CCOc1ccc(CNC(=O)c2c(OC)cccc2OC)cc1F. The molecule has 0 aliphatic carbocycles. The highest BCUT2D eigenvalue weighted by Crippen LogP contribution is 2.28. The van der Waals surface area contributed by atoms with Crippen molar-refractivity contribution in [2.75, 3.05) is 20.8 Å². The van der Waals surface area contributed by atoms with Gasteiger partial charge < -0.3 is 19.5 Å². The average Bonchev–Trinajstić information content (AvgIpc) is 2.61. The summed E-state index contributed by atoms with van der Waals surface area (Å²) in [5, 5.41) is 2.74. The molecule has 0 saturated heterocycles. The Bertz CT molecular complexity index is 696. The molecule has 6 heteroatoms. The molecule has 1 N–H and O–H groups in total. The van der Waals surface area contributed by atoms with Gasteiger partial charge in [-0.05, 0) is 36.8 Å². The normalized spacial score (nSPS) is 10.2. The fourth-order valence-electron chi connectivity index (χ4n) is 2.27. The molecule has 0 aromatic heterocycles. The highest BCUT2D eigenvalue weighted by Gasteiger charge is 2.18. The van der Waals surface area contributed by atoms with Crippen LogP contribution < -0.4 is 19.5 Å². The topological polar surface area (TPSA) is 56.8 Å². The van der Waals surface area contributed by atoms with Crippen LogP contribution in [0.5, 0.6) is 17.2 Å². The summed E-state index contributed by atoms with van der Waals surface area (Å²) in [6.07, 6.45) is 0. The fraction of sp³-hybridized carbons (Fsp3) is 0.278. The summed E-state index contributed by atoms with van der Waals surface area (Å²) in [7, 11) is 2.96. The van der Waals surface area contributed by atoms with E-state index in [0.717, 1.165) is 0 Å². The molecule has 2 aromatic carbocycles. The van der Waals surface area contributed by atoms with Crippen LogP contribution in [0.3, 0.4) is 0 Å². The number of methoxy groups -OCH3 is 2. The molecule has 0 unspecified atom stereocenters. The Labute approximate surface area is 140 Å². The first-order valence-electron chi connectivity index (χ1n) is 7.51. The van der Waals surface area contributed by atoms with Crippen LogP contribution in [0.4, 0.5) is 4.39 Å². The maximum Gasteiger partial charge on any atom is 0.259 e. The largest absolute Gasteiger partial charge is 0.496 e. The number of hydrogen-bond donors (Lipinski definition) is 1.